The lowest BCUT2D eigenvalue weighted by atomic mass is 9.71. The van der Waals surface area contributed by atoms with Gasteiger partial charge < -0.3 is 10.2 Å². The maximum Gasteiger partial charge on any atom is 0.211 e. The molecule has 1 heterocycles. The van der Waals surface area contributed by atoms with Gasteiger partial charge in [-0.1, -0.05) is 38.8 Å². The summed E-state index contributed by atoms with van der Waals surface area (Å²) in [5.74, 6) is 1.52. The number of nitrogens with zero attached hydrogens (tertiary/aromatic N) is 1. The number of thioether (sulfide) groups is 1. The summed E-state index contributed by atoms with van der Waals surface area (Å²) in [5.41, 5.74) is 5.18. The first-order valence-electron chi connectivity index (χ1n) is 10.8. The Morgan fingerprint density at radius 1 is 1.21 bits per heavy atom. The molecule has 0 aliphatic carbocycles. The molecule has 0 bridgehead atoms. The van der Waals surface area contributed by atoms with Crippen LogP contribution in [0.5, 0.6) is 0 Å². The van der Waals surface area contributed by atoms with E-state index in [0.29, 0.717) is 11.3 Å². The zero-order valence-corrected chi connectivity index (χ0v) is 19.0. The molecule has 1 aliphatic rings. The van der Waals surface area contributed by atoms with Crippen LogP contribution in [0.1, 0.15) is 63.0 Å². The molecule has 0 spiro atoms. The highest BCUT2D eigenvalue weighted by atomic mass is 32.2. The fourth-order valence-corrected chi connectivity index (χ4v) is 5.87. The number of amides is 1. The van der Waals surface area contributed by atoms with Crippen molar-refractivity contribution in [2.45, 2.75) is 56.8 Å². The first kappa shape index (κ1) is 21.8. The highest BCUT2D eigenvalue weighted by Gasteiger charge is 2.36. The van der Waals surface area contributed by atoms with Gasteiger partial charge >= 0.3 is 0 Å². The van der Waals surface area contributed by atoms with Crippen LogP contribution in [0.15, 0.2) is 47.4 Å². The van der Waals surface area contributed by atoms with E-state index in [1.165, 1.54) is 53.1 Å². The quantitative estimate of drug-likeness (QED) is 0.502. The molecule has 2 aromatic carbocycles. The maximum absolute atomic E-state index is 11.0. The molecule has 0 saturated carbocycles. The summed E-state index contributed by atoms with van der Waals surface area (Å²) in [6.45, 7) is 4.65. The Morgan fingerprint density at radius 2 is 2.03 bits per heavy atom. The molecule has 0 saturated heterocycles. The molecule has 0 radical (unpaired) electrons. The summed E-state index contributed by atoms with van der Waals surface area (Å²) in [7, 11) is 4.21. The molecule has 156 valence electrons. The van der Waals surface area contributed by atoms with E-state index in [-0.39, 0.29) is 0 Å². The van der Waals surface area contributed by atoms with Gasteiger partial charge in [-0.15, -0.1) is 11.8 Å². The Balaban J connectivity index is 2.10. The Kier molecular flexibility index (Phi) is 7.28. The van der Waals surface area contributed by atoms with Crippen LogP contribution >= 0.6 is 11.8 Å². The minimum atomic E-state index is 0.338. The highest BCUT2D eigenvalue weighted by molar-refractivity contribution is 7.99. The number of unbranched alkanes of at least 4 members (excludes halogenated alkanes) is 1. The van der Waals surface area contributed by atoms with Crippen LogP contribution in [-0.4, -0.2) is 26.3 Å². The lowest BCUT2D eigenvalue weighted by Gasteiger charge is -2.34. The average molecular weight is 411 g/mol. The van der Waals surface area contributed by atoms with E-state index in [4.69, 9.17) is 0 Å². The van der Waals surface area contributed by atoms with Gasteiger partial charge in [-0.2, -0.15) is 0 Å². The summed E-state index contributed by atoms with van der Waals surface area (Å²) in [6.07, 6.45) is 6.94. The number of carbonyl (C=O) groups is 1. The highest BCUT2D eigenvalue weighted by Crippen LogP contribution is 2.51. The van der Waals surface area contributed by atoms with Crippen molar-refractivity contribution in [3.8, 4) is 0 Å². The molecule has 1 N–H and O–H groups in total. The normalized spacial score (nSPS) is 21.2. The van der Waals surface area contributed by atoms with Crippen LogP contribution < -0.4 is 10.2 Å². The molecule has 1 aliphatic heterocycles. The maximum atomic E-state index is 11.0. The van der Waals surface area contributed by atoms with Crippen molar-refractivity contribution < 1.29 is 4.79 Å². The molecule has 0 aromatic heterocycles. The summed E-state index contributed by atoms with van der Waals surface area (Å²) < 4.78 is 0. The fourth-order valence-electron chi connectivity index (χ4n) is 4.41. The average Bonchev–Trinajstić information content (AvgIpc) is 2.90. The smallest absolute Gasteiger partial charge is 0.211 e. The van der Waals surface area contributed by atoms with Gasteiger partial charge in [0, 0.05) is 42.0 Å². The van der Waals surface area contributed by atoms with E-state index in [2.05, 4.69) is 74.6 Å². The lowest BCUT2D eigenvalue weighted by Crippen LogP contribution is -2.25. The standard InChI is InChI=1S/C25H34N2OS/c1-5-7-13-25(6-2)16-23(19-9-8-10-20(14-19)26-18-28)22-15-21(27(3)4)11-12-24(22)29-17-25/h8-12,14-15,18,23H,5-7,13,16-17H2,1-4H3,(H,26,28)/t23-,25+/m1/s1. The largest absolute Gasteiger partial charge is 0.378 e. The zero-order chi connectivity index (χ0) is 20.9. The van der Waals surface area contributed by atoms with Gasteiger partial charge in [0.25, 0.3) is 0 Å². The number of carbonyl (C=O) groups excluding carboxylic acids is 1. The van der Waals surface area contributed by atoms with Gasteiger partial charge in [0.15, 0.2) is 0 Å². The zero-order valence-electron chi connectivity index (χ0n) is 18.2. The van der Waals surface area contributed by atoms with E-state index < -0.39 is 0 Å². The molecule has 2 atom stereocenters. The number of fused-ring (bicyclic) bond motifs is 1. The third kappa shape index (κ3) is 4.98. The van der Waals surface area contributed by atoms with Crippen LogP contribution in [0.2, 0.25) is 0 Å². The first-order chi connectivity index (χ1) is 14.0. The summed E-state index contributed by atoms with van der Waals surface area (Å²) in [5, 5.41) is 2.83. The summed E-state index contributed by atoms with van der Waals surface area (Å²) >= 11 is 2.03. The van der Waals surface area contributed by atoms with Crippen LogP contribution in [-0.2, 0) is 4.79 Å². The van der Waals surface area contributed by atoms with Gasteiger partial charge in [0.2, 0.25) is 6.41 Å². The first-order valence-corrected chi connectivity index (χ1v) is 11.7. The Hall–Kier alpha value is -1.94. The van der Waals surface area contributed by atoms with Crippen LogP contribution in [0.3, 0.4) is 0 Å². The van der Waals surface area contributed by atoms with Crippen molar-refractivity contribution in [2.24, 2.45) is 5.41 Å². The molecular weight excluding hydrogens is 376 g/mol. The SMILES string of the molecule is CCCC[C@]1(CC)CSc2ccc(N(C)C)cc2[C@@H](c2cccc(NC=O)c2)C1. The van der Waals surface area contributed by atoms with Crippen molar-refractivity contribution in [3.63, 3.8) is 0 Å². The van der Waals surface area contributed by atoms with Gasteiger partial charge in [-0.3, -0.25) is 4.79 Å². The molecule has 2 aromatic rings. The second kappa shape index (κ2) is 9.71. The fraction of sp³-hybridized carbons (Fsp3) is 0.480. The van der Waals surface area contributed by atoms with Gasteiger partial charge in [-0.25, -0.2) is 0 Å². The molecule has 0 fully saturated rings. The number of anilines is 2. The van der Waals surface area contributed by atoms with Crippen molar-refractivity contribution >= 4 is 29.5 Å². The van der Waals surface area contributed by atoms with Crippen LogP contribution in [0, 0.1) is 5.41 Å². The Bertz CT molecular complexity index is 835. The van der Waals surface area contributed by atoms with Crippen molar-refractivity contribution in [1.29, 1.82) is 0 Å². The second-order valence-corrected chi connectivity index (χ2v) is 9.52. The monoisotopic (exact) mass is 410 g/mol. The van der Waals surface area contributed by atoms with Gasteiger partial charge in [0.05, 0.1) is 0 Å². The number of hydrogen-bond donors (Lipinski definition) is 1. The molecular formula is C25H34N2OS. The predicted molar refractivity (Wildman–Crippen MR) is 126 cm³/mol. The molecule has 3 rings (SSSR count). The number of benzene rings is 2. The van der Waals surface area contributed by atoms with E-state index in [1.807, 2.05) is 17.8 Å². The summed E-state index contributed by atoms with van der Waals surface area (Å²) in [6, 6.07) is 15.3. The third-order valence-corrected chi connectivity index (χ3v) is 7.82. The summed E-state index contributed by atoms with van der Waals surface area (Å²) in [4.78, 5) is 14.6. The van der Waals surface area contributed by atoms with E-state index >= 15 is 0 Å². The molecule has 3 nitrogen and oxygen atoms in total. The minimum Gasteiger partial charge on any atom is -0.378 e. The van der Waals surface area contributed by atoms with Gasteiger partial charge in [-0.05, 0) is 66.1 Å². The third-order valence-electron chi connectivity index (χ3n) is 6.38. The topological polar surface area (TPSA) is 32.3 Å². The molecule has 0 unspecified atom stereocenters. The molecule has 1 amide bonds. The lowest BCUT2D eigenvalue weighted by molar-refractivity contribution is -0.105. The number of nitrogens with one attached hydrogen (secondary N) is 1. The molecule has 29 heavy (non-hydrogen) atoms. The molecule has 4 heteroatoms. The van der Waals surface area contributed by atoms with Gasteiger partial charge in [0.1, 0.15) is 0 Å². The van der Waals surface area contributed by atoms with Crippen LogP contribution in [0.4, 0.5) is 11.4 Å². The van der Waals surface area contributed by atoms with Crippen LogP contribution in [0.25, 0.3) is 0 Å². The van der Waals surface area contributed by atoms with E-state index in [0.717, 1.165) is 18.5 Å². The predicted octanol–water partition coefficient (Wildman–Crippen LogP) is 6.54. The van der Waals surface area contributed by atoms with E-state index in [9.17, 15) is 4.79 Å². The van der Waals surface area contributed by atoms with Crippen molar-refractivity contribution in [2.75, 3.05) is 30.1 Å². The Morgan fingerprint density at radius 3 is 2.72 bits per heavy atom. The second-order valence-electron chi connectivity index (χ2n) is 8.51. The van der Waals surface area contributed by atoms with E-state index in [1.54, 1.807) is 0 Å². The number of rotatable bonds is 8. The van der Waals surface area contributed by atoms with Crippen molar-refractivity contribution in [3.05, 3.63) is 53.6 Å². The van der Waals surface area contributed by atoms with Crippen molar-refractivity contribution in [1.82, 2.24) is 0 Å². The number of hydrogen-bond acceptors (Lipinski definition) is 3. The Labute approximate surface area is 180 Å². The minimum absolute atomic E-state index is 0.338.